The number of carbonyl (C=O) groups is 2. The first-order valence-electron chi connectivity index (χ1n) is 7.68. The molecule has 0 heterocycles. The Morgan fingerprint density at radius 2 is 1.72 bits per heavy atom. The van der Waals surface area contributed by atoms with E-state index < -0.39 is 15.9 Å². The highest BCUT2D eigenvalue weighted by Gasteiger charge is 2.17. The molecule has 0 saturated carbocycles. The molecule has 0 spiro atoms. The molecule has 1 atom stereocenters. The third kappa shape index (κ3) is 5.72. The van der Waals surface area contributed by atoms with Crippen molar-refractivity contribution in [2.45, 2.75) is 24.3 Å². The number of nitrogens with one attached hydrogen (secondary N) is 2. The van der Waals surface area contributed by atoms with Gasteiger partial charge in [-0.15, -0.1) is 0 Å². The highest BCUT2D eigenvalue weighted by Crippen LogP contribution is 2.19. The highest BCUT2D eigenvalue weighted by atomic mass is 32.2. The zero-order chi connectivity index (χ0) is 18.4. The van der Waals surface area contributed by atoms with E-state index in [0.29, 0.717) is 5.69 Å². The fraction of sp³-hybridized carbons (Fsp3) is 0.222. The molecule has 25 heavy (non-hydrogen) atoms. The summed E-state index contributed by atoms with van der Waals surface area (Å²) in [7, 11) is -3.35. The lowest BCUT2D eigenvalue weighted by atomic mass is 10.0. The zero-order valence-electron chi connectivity index (χ0n) is 14.0. The lowest BCUT2D eigenvalue weighted by molar-refractivity contribution is -0.120. The summed E-state index contributed by atoms with van der Waals surface area (Å²) in [6.45, 7) is 1.39. The summed E-state index contributed by atoms with van der Waals surface area (Å²) in [5.74, 6) is -0.561. The van der Waals surface area contributed by atoms with Gasteiger partial charge in [0.15, 0.2) is 9.84 Å². The third-order valence-electron chi connectivity index (χ3n) is 3.51. The van der Waals surface area contributed by atoms with E-state index in [1.54, 1.807) is 12.1 Å². The van der Waals surface area contributed by atoms with Gasteiger partial charge < -0.3 is 10.6 Å². The van der Waals surface area contributed by atoms with Crippen LogP contribution in [-0.4, -0.2) is 26.5 Å². The predicted octanol–water partition coefficient (Wildman–Crippen LogP) is 2.30. The van der Waals surface area contributed by atoms with Crippen LogP contribution in [0, 0.1) is 0 Å². The normalized spacial score (nSPS) is 12.2. The Morgan fingerprint density at radius 3 is 2.32 bits per heavy atom. The Hall–Kier alpha value is -2.67. The molecule has 2 amide bonds. The van der Waals surface area contributed by atoms with Crippen LogP contribution in [0.15, 0.2) is 59.5 Å². The Labute approximate surface area is 147 Å². The summed E-state index contributed by atoms with van der Waals surface area (Å²) >= 11 is 0. The van der Waals surface area contributed by atoms with Crippen LogP contribution in [0.4, 0.5) is 5.69 Å². The molecule has 0 saturated heterocycles. The van der Waals surface area contributed by atoms with Crippen LogP contribution in [0.3, 0.4) is 0 Å². The molecule has 6 nitrogen and oxygen atoms in total. The molecule has 0 radical (unpaired) electrons. The molecule has 132 valence electrons. The van der Waals surface area contributed by atoms with Gasteiger partial charge in [0, 0.05) is 18.9 Å². The van der Waals surface area contributed by atoms with Crippen LogP contribution in [-0.2, 0) is 19.4 Å². The fourth-order valence-electron chi connectivity index (χ4n) is 2.38. The molecule has 0 aliphatic carbocycles. The van der Waals surface area contributed by atoms with Crippen molar-refractivity contribution in [3.05, 3.63) is 60.2 Å². The van der Waals surface area contributed by atoms with Gasteiger partial charge >= 0.3 is 0 Å². The summed E-state index contributed by atoms with van der Waals surface area (Å²) in [4.78, 5) is 23.9. The maximum Gasteiger partial charge on any atom is 0.226 e. The molecule has 0 unspecified atom stereocenters. The van der Waals surface area contributed by atoms with Gasteiger partial charge in [0.05, 0.1) is 17.4 Å². The number of anilines is 1. The Balaban J connectivity index is 2.13. The molecule has 0 bridgehead atoms. The van der Waals surface area contributed by atoms with Crippen LogP contribution < -0.4 is 10.6 Å². The molecule has 2 aromatic rings. The van der Waals surface area contributed by atoms with E-state index in [1.165, 1.54) is 19.1 Å². The maximum absolute atomic E-state index is 12.3. The van der Waals surface area contributed by atoms with Crippen molar-refractivity contribution in [2.75, 3.05) is 11.6 Å². The lowest BCUT2D eigenvalue weighted by Crippen LogP contribution is -2.29. The predicted molar refractivity (Wildman–Crippen MR) is 95.8 cm³/mol. The summed E-state index contributed by atoms with van der Waals surface area (Å²) in [5.41, 5.74) is 1.21. The SMILES string of the molecule is CC(=O)N[C@@H](CC(=O)Nc1cccc(S(C)(=O)=O)c1)c1ccccc1. The fourth-order valence-corrected chi connectivity index (χ4v) is 3.05. The van der Waals surface area contributed by atoms with E-state index in [1.807, 2.05) is 30.3 Å². The van der Waals surface area contributed by atoms with Crippen molar-refractivity contribution in [3.8, 4) is 0 Å². The zero-order valence-corrected chi connectivity index (χ0v) is 14.8. The number of hydrogen-bond acceptors (Lipinski definition) is 4. The third-order valence-corrected chi connectivity index (χ3v) is 4.63. The van der Waals surface area contributed by atoms with E-state index in [0.717, 1.165) is 11.8 Å². The smallest absolute Gasteiger partial charge is 0.226 e. The van der Waals surface area contributed by atoms with Gasteiger partial charge in [0.2, 0.25) is 11.8 Å². The van der Waals surface area contributed by atoms with Crippen molar-refractivity contribution in [1.29, 1.82) is 0 Å². The monoisotopic (exact) mass is 360 g/mol. The second-order valence-corrected chi connectivity index (χ2v) is 7.73. The second kappa shape index (κ2) is 7.94. The summed E-state index contributed by atoms with van der Waals surface area (Å²) in [6, 6.07) is 14.8. The molecule has 2 rings (SSSR count). The van der Waals surface area contributed by atoms with Crippen molar-refractivity contribution < 1.29 is 18.0 Å². The Morgan fingerprint density at radius 1 is 1.04 bits per heavy atom. The number of amides is 2. The first-order chi connectivity index (χ1) is 11.8. The molecule has 0 aromatic heterocycles. The quantitative estimate of drug-likeness (QED) is 0.827. The lowest BCUT2D eigenvalue weighted by Gasteiger charge is -2.18. The van der Waals surface area contributed by atoms with E-state index >= 15 is 0 Å². The van der Waals surface area contributed by atoms with E-state index in [9.17, 15) is 18.0 Å². The molecular weight excluding hydrogens is 340 g/mol. The average molecular weight is 360 g/mol. The standard InChI is InChI=1S/C18H20N2O4S/c1-13(21)19-17(14-7-4-3-5-8-14)12-18(22)20-15-9-6-10-16(11-15)25(2,23)24/h3-11,17H,12H2,1-2H3,(H,19,21)(H,20,22)/t17-/m0/s1. The summed E-state index contributed by atoms with van der Waals surface area (Å²) < 4.78 is 23.2. The van der Waals surface area contributed by atoms with Crippen LogP contribution in [0.1, 0.15) is 24.9 Å². The highest BCUT2D eigenvalue weighted by molar-refractivity contribution is 7.90. The second-order valence-electron chi connectivity index (χ2n) is 5.72. The van der Waals surface area contributed by atoms with Crippen molar-refractivity contribution in [2.24, 2.45) is 0 Å². The first-order valence-corrected chi connectivity index (χ1v) is 9.57. The van der Waals surface area contributed by atoms with Gasteiger partial charge in [-0.3, -0.25) is 9.59 Å². The first kappa shape index (κ1) is 18.7. The molecule has 2 N–H and O–H groups in total. The molecule has 0 fully saturated rings. The maximum atomic E-state index is 12.3. The minimum atomic E-state index is -3.35. The summed E-state index contributed by atoms with van der Waals surface area (Å²) in [5, 5.41) is 5.43. The molecule has 0 aliphatic rings. The van der Waals surface area contributed by atoms with Crippen molar-refractivity contribution in [1.82, 2.24) is 5.32 Å². The minimum absolute atomic E-state index is 0.0344. The molecular formula is C18H20N2O4S. The largest absolute Gasteiger partial charge is 0.349 e. The minimum Gasteiger partial charge on any atom is -0.349 e. The number of benzene rings is 2. The molecule has 0 aliphatic heterocycles. The number of sulfone groups is 1. The summed E-state index contributed by atoms with van der Waals surface area (Å²) in [6.07, 6.45) is 1.14. The van der Waals surface area contributed by atoms with Gasteiger partial charge in [0.25, 0.3) is 0 Å². The van der Waals surface area contributed by atoms with Gasteiger partial charge in [-0.05, 0) is 23.8 Å². The van der Waals surface area contributed by atoms with E-state index in [2.05, 4.69) is 10.6 Å². The van der Waals surface area contributed by atoms with Crippen molar-refractivity contribution >= 4 is 27.3 Å². The average Bonchev–Trinajstić information content (AvgIpc) is 2.54. The van der Waals surface area contributed by atoms with Gasteiger partial charge in [0.1, 0.15) is 0 Å². The van der Waals surface area contributed by atoms with Gasteiger partial charge in [-0.1, -0.05) is 36.4 Å². The van der Waals surface area contributed by atoms with Crippen LogP contribution in [0.2, 0.25) is 0 Å². The van der Waals surface area contributed by atoms with Crippen molar-refractivity contribution in [3.63, 3.8) is 0 Å². The van der Waals surface area contributed by atoms with E-state index in [4.69, 9.17) is 0 Å². The van der Waals surface area contributed by atoms with Crippen LogP contribution in [0.25, 0.3) is 0 Å². The number of hydrogen-bond donors (Lipinski definition) is 2. The Bertz CT molecular complexity index is 864. The molecule has 7 heteroatoms. The van der Waals surface area contributed by atoms with Gasteiger partial charge in [-0.2, -0.15) is 0 Å². The topological polar surface area (TPSA) is 92.3 Å². The number of rotatable bonds is 6. The van der Waals surface area contributed by atoms with Crippen LogP contribution >= 0.6 is 0 Å². The number of carbonyl (C=O) groups excluding carboxylic acids is 2. The van der Waals surface area contributed by atoms with Crippen LogP contribution in [0.5, 0.6) is 0 Å². The molecule has 2 aromatic carbocycles. The Kier molecular flexibility index (Phi) is 5.93. The van der Waals surface area contributed by atoms with E-state index in [-0.39, 0.29) is 23.1 Å². The van der Waals surface area contributed by atoms with Gasteiger partial charge in [-0.25, -0.2) is 8.42 Å².